The van der Waals surface area contributed by atoms with E-state index in [2.05, 4.69) is 28.9 Å². The summed E-state index contributed by atoms with van der Waals surface area (Å²) in [6.07, 6.45) is 2.07. The first kappa shape index (κ1) is 17.1. The van der Waals surface area contributed by atoms with Crippen LogP contribution < -0.4 is 5.32 Å². The number of nitrogens with zero attached hydrogens (tertiary/aromatic N) is 1. The smallest absolute Gasteiger partial charge is 0.339 e. The lowest BCUT2D eigenvalue weighted by molar-refractivity contribution is 0.0599. The zero-order valence-electron chi connectivity index (χ0n) is 12.7. The molecule has 1 aromatic heterocycles. The number of aromatic nitrogens is 1. The van der Waals surface area contributed by atoms with Crippen molar-refractivity contribution in [1.29, 1.82) is 0 Å². The van der Waals surface area contributed by atoms with Crippen molar-refractivity contribution in [1.82, 2.24) is 10.3 Å². The van der Waals surface area contributed by atoms with Crippen LogP contribution in [0.5, 0.6) is 0 Å². The largest absolute Gasteiger partial charge is 0.465 e. The molecule has 1 heterocycles. The second-order valence-corrected chi connectivity index (χ2v) is 5.00. The fourth-order valence-corrected chi connectivity index (χ4v) is 1.55. The van der Waals surface area contributed by atoms with Gasteiger partial charge in [-0.15, -0.1) is 0 Å². The van der Waals surface area contributed by atoms with Crippen molar-refractivity contribution in [3.8, 4) is 0 Å². The zero-order valence-corrected chi connectivity index (χ0v) is 12.7. The van der Waals surface area contributed by atoms with E-state index in [0.717, 1.165) is 13.0 Å². The zero-order chi connectivity index (χ0) is 15.7. The van der Waals surface area contributed by atoms with Gasteiger partial charge in [0, 0.05) is 26.0 Å². The standard InChI is InChI=1S/C15H22N2O4/c1-11(2)10-21-8-4-7-16-14(18)13-6-5-12(9-17-13)15(19)20-3/h5-6,9,11H,4,7-8,10H2,1-3H3,(H,16,18). The molecule has 1 aromatic rings. The van der Waals surface area contributed by atoms with Gasteiger partial charge < -0.3 is 14.8 Å². The Morgan fingerprint density at radius 1 is 1.33 bits per heavy atom. The van der Waals surface area contributed by atoms with E-state index in [1.54, 1.807) is 0 Å². The highest BCUT2D eigenvalue weighted by atomic mass is 16.5. The third-order valence-electron chi connectivity index (χ3n) is 2.62. The minimum atomic E-state index is -0.475. The third kappa shape index (κ3) is 6.35. The molecule has 0 saturated carbocycles. The molecule has 21 heavy (non-hydrogen) atoms. The Kier molecular flexibility index (Phi) is 7.39. The van der Waals surface area contributed by atoms with Gasteiger partial charge in [0.05, 0.1) is 12.7 Å². The first-order valence-corrected chi connectivity index (χ1v) is 6.95. The summed E-state index contributed by atoms with van der Waals surface area (Å²) in [6.45, 7) is 6.05. The Hall–Kier alpha value is -1.95. The fourth-order valence-electron chi connectivity index (χ4n) is 1.55. The van der Waals surface area contributed by atoms with Crippen molar-refractivity contribution in [3.05, 3.63) is 29.6 Å². The van der Waals surface area contributed by atoms with E-state index in [1.165, 1.54) is 25.4 Å². The summed E-state index contributed by atoms with van der Waals surface area (Å²) in [5, 5.41) is 2.75. The number of hydrogen-bond donors (Lipinski definition) is 1. The minimum Gasteiger partial charge on any atom is -0.465 e. The lowest BCUT2D eigenvalue weighted by atomic mass is 10.2. The van der Waals surface area contributed by atoms with E-state index >= 15 is 0 Å². The molecule has 0 bridgehead atoms. The van der Waals surface area contributed by atoms with Crippen LogP contribution in [-0.4, -0.2) is 43.7 Å². The SMILES string of the molecule is COC(=O)c1ccc(C(=O)NCCCOCC(C)C)nc1. The van der Waals surface area contributed by atoms with Gasteiger partial charge in [-0.1, -0.05) is 13.8 Å². The molecule has 1 amide bonds. The molecule has 0 spiro atoms. The number of methoxy groups -OCH3 is 1. The van der Waals surface area contributed by atoms with Gasteiger partial charge in [-0.25, -0.2) is 4.79 Å². The van der Waals surface area contributed by atoms with Gasteiger partial charge >= 0.3 is 5.97 Å². The quantitative estimate of drug-likeness (QED) is 0.583. The number of hydrogen-bond acceptors (Lipinski definition) is 5. The molecule has 0 unspecified atom stereocenters. The molecule has 1 N–H and O–H groups in total. The summed E-state index contributed by atoms with van der Waals surface area (Å²) < 4.78 is 9.98. The molecule has 0 aromatic carbocycles. The average Bonchev–Trinajstić information content (AvgIpc) is 2.49. The predicted octanol–water partition coefficient (Wildman–Crippen LogP) is 1.66. The average molecular weight is 294 g/mol. The number of ether oxygens (including phenoxy) is 2. The van der Waals surface area contributed by atoms with Gasteiger partial charge in [-0.3, -0.25) is 9.78 Å². The van der Waals surface area contributed by atoms with E-state index in [4.69, 9.17) is 4.74 Å². The molecule has 0 aliphatic heterocycles. The lowest BCUT2D eigenvalue weighted by Gasteiger charge is -2.07. The highest BCUT2D eigenvalue weighted by Gasteiger charge is 2.09. The van der Waals surface area contributed by atoms with Gasteiger partial charge in [0.1, 0.15) is 5.69 Å². The van der Waals surface area contributed by atoms with Gasteiger partial charge in [0.15, 0.2) is 0 Å². The maximum atomic E-state index is 11.8. The molecule has 0 saturated heterocycles. The first-order valence-electron chi connectivity index (χ1n) is 6.95. The monoisotopic (exact) mass is 294 g/mol. The van der Waals surface area contributed by atoms with E-state index in [9.17, 15) is 9.59 Å². The number of amides is 1. The van der Waals surface area contributed by atoms with Crippen LogP contribution in [0.15, 0.2) is 18.3 Å². The van der Waals surface area contributed by atoms with Crippen LogP contribution in [-0.2, 0) is 9.47 Å². The van der Waals surface area contributed by atoms with E-state index in [-0.39, 0.29) is 11.6 Å². The predicted molar refractivity (Wildman–Crippen MR) is 78.2 cm³/mol. The van der Waals surface area contributed by atoms with Crippen LogP contribution in [0.4, 0.5) is 0 Å². The summed E-state index contributed by atoms with van der Waals surface area (Å²) in [4.78, 5) is 27.0. The maximum absolute atomic E-state index is 11.8. The van der Waals surface area contributed by atoms with E-state index < -0.39 is 5.97 Å². The summed E-state index contributed by atoms with van der Waals surface area (Å²) >= 11 is 0. The van der Waals surface area contributed by atoms with Gasteiger partial charge in [-0.05, 0) is 24.5 Å². The Morgan fingerprint density at radius 2 is 2.10 bits per heavy atom. The van der Waals surface area contributed by atoms with Crippen molar-refractivity contribution in [2.75, 3.05) is 26.9 Å². The van der Waals surface area contributed by atoms with E-state index in [1.807, 2.05) is 0 Å². The molecule has 0 aliphatic carbocycles. The first-order chi connectivity index (χ1) is 10.0. The number of nitrogens with one attached hydrogen (secondary N) is 1. The van der Waals surface area contributed by atoms with Crippen LogP contribution in [0.1, 0.15) is 41.1 Å². The van der Waals surface area contributed by atoms with Crippen LogP contribution in [0, 0.1) is 5.92 Å². The van der Waals surface area contributed by atoms with Crippen molar-refractivity contribution in [2.45, 2.75) is 20.3 Å². The minimum absolute atomic E-state index is 0.268. The Labute approximate surface area is 124 Å². The van der Waals surface area contributed by atoms with E-state index in [0.29, 0.717) is 24.6 Å². The van der Waals surface area contributed by atoms with Crippen molar-refractivity contribution in [3.63, 3.8) is 0 Å². The molecule has 0 atom stereocenters. The van der Waals surface area contributed by atoms with Crippen molar-refractivity contribution >= 4 is 11.9 Å². The molecule has 0 aliphatic rings. The summed E-state index contributed by atoms with van der Waals surface area (Å²) in [5.74, 6) is -0.232. The molecule has 1 rings (SSSR count). The van der Waals surface area contributed by atoms with Gasteiger partial charge in [0.25, 0.3) is 5.91 Å². The number of esters is 1. The number of pyridine rings is 1. The van der Waals surface area contributed by atoms with Gasteiger partial charge in [0.2, 0.25) is 0 Å². The normalized spacial score (nSPS) is 10.5. The number of carbonyl (C=O) groups excluding carboxylic acids is 2. The second kappa shape index (κ2) is 9.07. The Bertz CT molecular complexity index is 457. The Morgan fingerprint density at radius 3 is 2.67 bits per heavy atom. The molecular weight excluding hydrogens is 272 g/mol. The summed E-state index contributed by atoms with van der Waals surface area (Å²) in [6, 6.07) is 3.01. The fraction of sp³-hybridized carbons (Fsp3) is 0.533. The molecular formula is C15H22N2O4. The highest BCUT2D eigenvalue weighted by Crippen LogP contribution is 2.02. The second-order valence-electron chi connectivity index (χ2n) is 5.00. The van der Waals surface area contributed by atoms with Crippen LogP contribution in [0.2, 0.25) is 0 Å². The third-order valence-corrected chi connectivity index (χ3v) is 2.62. The van der Waals surface area contributed by atoms with Gasteiger partial charge in [-0.2, -0.15) is 0 Å². The topological polar surface area (TPSA) is 77.5 Å². The van der Waals surface area contributed by atoms with Crippen molar-refractivity contribution in [2.24, 2.45) is 5.92 Å². The van der Waals surface area contributed by atoms with Crippen LogP contribution >= 0.6 is 0 Å². The molecule has 0 radical (unpaired) electrons. The Balaban J connectivity index is 2.30. The molecule has 6 heteroatoms. The maximum Gasteiger partial charge on any atom is 0.339 e. The van der Waals surface area contributed by atoms with Crippen LogP contribution in [0.25, 0.3) is 0 Å². The highest BCUT2D eigenvalue weighted by molar-refractivity contribution is 5.94. The molecule has 6 nitrogen and oxygen atoms in total. The van der Waals surface area contributed by atoms with Crippen molar-refractivity contribution < 1.29 is 19.1 Å². The number of rotatable bonds is 8. The summed E-state index contributed by atoms with van der Waals surface area (Å²) in [7, 11) is 1.30. The summed E-state index contributed by atoms with van der Waals surface area (Å²) in [5.41, 5.74) is 0.585. The molecule has 116 valence electrons. The molecule has 0 fully saturated rings. The number of carbonyl (C=O) groups is 2. The lowest BCUT2D eigenvalue weighted by Crippen LogP contribution is -2.26. The van der Waals surface area contributed by atoms with Crippen LogP contribution in [0.3, 0.4) is 0 Å².